The Balaban J connectivity index is 1.95. The number of carbonyl (C=O) groups excluding carboxylic acids is 1. The molecule has 0 N–H and O–H groups in total. The van der Waals surface area contributed by atoms with E-state index in [1.807, 2.05) is 6.92 Å². The second-order valence-corrected chi connectivity index (χ2v) is 6.18. The molecule has 21 heavy (non-hydrogen) atoms. The highest BCUT2D eigenvalue weighted by Crippen LogP contribution is 2.34. The van der Waals surface area contributed by atoms with Crippen LogP contribution in [0.15, 0.2) is 24.3 Å². The van der Waals surface area contributed by atoms with Gasteiger partial charge in [-0.15, -0.1) is 15.3 Å². The molecular weight excluding hydrogens is 330 g/mol. The third-order valence-corrected chi connectivity index (χ3v) is 4.83. The van der Waals surface area contributed by atoms with E-state index in [0.717, 1.165) is 10.6 Å². The fraction of sp³-hybridized carbons (Fsp3) is 0.0833. The van der Waals surface area contributed by atoms with Gasteiger partial charge in [-0.05, 0) is 42.7 Å². The zero-order valence-corrected chi connectivity index (χ0v) is 13.1. The van der Waals surface area contributed by atoms with E-state index in [-0.39, 0.29) is 0 Å². The fourth-order valence-electron chi connectivity index (χ4n) is 1.65. The number of aromatic nitrogens is 4. The van der Waals surface area contributed by atoms with Crippen molar-refractivity contribution in [2.45, 2.75) is 6.92 Å². The van der Waals surface area contributed by atoms with Crippen LogP contribution in [0.5, 0.6) is 0 Å². The molecule has 0 atom stereocenters. The Kier molecular flexibility index (Phi) is 3.91. The molecule has 0 bridgehead atoms. The van der Waals surface area contributed by atoms with Crippen molar-refractivity contribution < 1.29 is 4.79 Å². The minimum Gasteiger partial charge on any atom is -0.278 e. The third-order valence-electron chi connectivity index (χ3n) is 2.68. The molecule has 0 aliphatic carbocycles. The molecule has 2 aromatic heterocycles. The molecule has 0 unspecified atom stereocenters. The number of halogens is 1. The Bertz CT molecular complexity index is 770. The van der Waals surface area contributed by atoms with Crippen molar-refractivity contribution in [3.05, 3.63) is 35.0 Å². The van der Waals surface area contributed by atoms with Crippen LogP contribution in [0.2, 0.25) is 5.02 Å². The molecule has 1 amide bonds. The van der Waals surface area contributed by atoms with Crippen molar-refractivity contribution in [1.82, 2.24) is 19.8 Å². The van der Waals surface area contributed by atoms with Crippen molar-refractivity contribution in [2.24, 2.45) is 0 Å². The smallest absolute Gasteiger partial charge is 0.220 e. The van der Waals surface area contributed by atoms with Gasteiger partial charge in [-0.1, -0.05) is 27.4 Å². The van der Waals surface area contributed by atoms with E-state index < -0.39 is 0 Å². The molecule has 0 aliphatic heterocycles. The van der Waals surface area contributed by atoms with Gasteiger partial charge in [0, 0.05) is 5.02 Å². The highest BCUT2D eigenvalue weighted by Gasteiger charge is 2.17. The number of carbonyl (C=O) groups is 1. The lowest BCUT2D eigenvalue weighted by molar-refractivity contribution is -0.106. The molecule has 0 radical (unpaired) electrons. The number of hydrogen-bond acceptors (Lipinski definition) is 7. The number of hydrogen-bond donors (Lipinski definition) is 0. The molecule has 2 heterocycles. The van der Waals surface area contributed by atoms with Crippen LogP contribution in [0.1, 0.15) is 5.69 Å². The molecule has 0 fully saturated rings. The number of aryl methyl sites for hydroxylation is 1. The standard InChI is InChI=1S/C12H8ClN5OS2/c1-7-10(21-17-14-7)11-15-16-12(20-11)18(6-19)9-4-2-8(13)3-5-9/h2-6H,1H3. The van der Waals surface area contributed by atoms with Crippen LogP contribution in [-0.2, 0) is 4.79 Å². The minimum atomic E-state index is 0.482. The molecule has 9 heteroatoms. The monoisotopic (exact) mass is 337 g/mol. The second kappa shape index (κ2) is 5.84. The van der Waals surface area contributed by atoms with Crippen LogP contribution < -0.4 is 4.90 Å². The number of rotatable bonds is 4. The van der Waals surface area contributed by atoms with Gasteiger partial charge >= 0.3 is 0 Å². The third kappa shape index (κ3) is 2.78. The van der Waals surface area contributed by atoms with E-state index in [4.69, 9.17) is 11.6 Å². The summed E-state index contributed by atoms with van der Waals surface area (Å²) in [5.41, 5.74) is 1.48. The highest BCUT2D eigenvalue weighted by molar-refractivity contribution is 7.22. The molecule has 0 saturated heterocycles. The van der Waals surface area contributed by atoms with Gasteiger partial charge in [0.15, 0.2) is 5.01 Å². The van der Waals surface area contributed by atoms with Gasteiger partial charge < -0.3 is 0 Å². The average molecular weight is 338 g/mol. The van der Waals surface area contributed by atoms with Gasteiger partial charge in [0.25, 0.3) is 0 Å². The fourth-order valence-corrected chi connectivity index (χ4v) is 3.37. The van der Waals surface area contributed by atoms with E-state index in [0.29, 0.717) is 27.3 Å². The molecule has 3 aromatic rings. The zero-order valence-electron chi connectivity index (χ0n) is 10.7. The molecule has 106 valence electrons. The van der Waals surface area contributed by atoms with Gasteiger partial charge in [-0.3, -0.25) is 9.69 Å². The Hall–Kier alpha value is -1.90. The Labute approximate surface area is 133 Å². The van der Waals surface area contributed by atoms with Crippen LogP contribution in [-0.4, -0.2) is 26.2 Å². The van der Waals surface area contributed by atoms with E-state index in [9.17, 15) is 4.79 Å². The number of anilines is 2. The van der Waals surface area contributed by atoms with E-state index in [1.54, 1.807) is 24.3 Å². The summed E-state index contributed by atoms with van der Waals surface area (Å²) in [5.74, 6) is 0. The molecule has 0 spiro atoms. The summed E-state index contributed by atoms with van der Waals surface area (Å²) >= 11 is 8.41. The second-order valence-electron chi connectivity index (χ2n) is 4.03. The molecular formula is C12H8ClN5OS2. The predicted octanol–water partition coefficient (Wildman–Crippen LogP) is 3.31. The quantitative estimate of drug-likeness (QED) is 0.683. The lowest BCUT2D eigenvalue weighted by atomic mass is 10.3. The zero-order chi connectivity index (χ0) is 14.8. The van der Waals surface area contributed by atoms with Crippen LogP contribution in [0.3, 0.4) is 0 Å². The summed E-state index contributed by atoms with van der Waals surface area (Å²) in [5, 5.41) is 13.9. The molecule has 3 rings (SSSR count). The van der Waals surface area contributed by atoms with Crippen LogP contribution in [0.25, 0.3) is 9.88 Å². The summed E-state index contributed by atoms with van der Waals surface area (Å²) in [7, 11) is 0. The maximum atomic E-state index is 11.4. The van der Waals surface area contributed by atoms with Crippen LogP contribution >= 0.6 is 34.5 Å². The highest BCUT2D eigenvalue weighted by atomic mass is 35.5. The number of amides is 1. The molecule has 0 aliphatic rings. The van der Waals surface area contributed by atoms with Gasteiger partial charge in [0.1, 0.15) is 4.88 Å². The first-order valence-corrected chi connectivity index (χ1v) is 7.79. The summed E-state index contributed by atoms with van der Waals surface area (Å²) in [4.78, 5) is 13.6. The van der Waals surface area contributed by atoms with Crippen LogP contribution in [0, 0.1) is 6.92 Å². The normalized spacial score (nSPS) is 10.6. The van der Waals surface area contributed by atoms with Crippen molar-refractivity contribution in [1.29, 1.82) is 0 Å². The molecule has 1 aromatic carbocycles. The molecule has 6 nitrogen and oxygen atoms in total. The maximum Gasteiger partial charge on any atom is 0.220 e. The summed E-state index contributed by atoms with van der Waals surface area (Å²) < 4.78 is 3.87. The summed E-state index contributed by atoms with van der Waals surface area (Å²) in [6.45, 7) is 1.86. The Morgan fingerprint density at radius 2 is 1.95 bits per heavy atom. The average Bonchev–Trinajstić information content (AvgIpc) is 3.11. The topological polar surface area (TPSA) is 71.9 Å². The van der Waals surface area contributed by atoms with Gasteiger partial charge in [-0.2, -0.15) is 0 Å². The Morgan fingerprint density at radius 3 is 2.57 bits per heavy atom. The lowest BCUT2D eigenvalue weighted by Gasteiger charge is -2.12. The minimum absolute atomic E-state index is 0.482. The number of nitrogens with zero attached hydrogens (tertiary/aromatic N) is 5. The van der Waals surface area contributed by atoms with Crippen molar-refractivity contribution >= 4 is 51.7 Å². The first-order chi connectivity index (χ1) is 10.2. The number of benzene rings is 1. The molecule has 0 saturated carbocycles. The van der Waals surface area contributed by atoms with Gasteiger partial charge in [-0.25, -0.2) is 0 Å². The first-order valence-electron chi connectivity index (χ1n) is 5.82. The maximum absolute atomic E-state index is 11.4. The van der Waals surface area contributed by atoms with Crippen LogP contribution in [0.4, 0.5) is 10.8 Å². The van der Waals surface area contributed by atoms with Crippen molar-refractivity contribution in [2.75, 3.05) is 4.90 Å². The largest absolute Gasteiger partial charge is 0.278 e. The predicted molar refractivity (Wildman–Crippen MR) is 83.2 cm³/mol. The first kappa shape index (κ1) is 14.1. The van der Waals surface area contributed by atoms with E-state index >= 15 is 0 Å². The Morgan fingerprint density at radius 1 is 1.19 bits per heavy atom. The van der Waals surface area contributed by atoms with Crippen molar-refractivity contribution in [3.63, 3.8) is 0 Å². The summed E-state index contributed by atoms with van der Waals surface area (Å²) in [6, 6.07) is 6.92. The van der Waals surface area contributed by atoms with Crippen molar-refractivity contribution in [3.8, 4) is 9.88 Å². The SMILES string of the molecule is Cc1nnsc1-c1nnc(N(C=O)c2ccc(Cl)cc2)s1. The van der Waals surface area contributed by atoms with E-state index in [2.05, 4.69) is 19.8 Å². The summed E-state index contributed by atoms with van der Waals surface area (Å²) in [6.07, 6.45) is 0.700. The van der Waals surface area contributed by atoms with E-state index in [1.165, 1.54) is 27.8 Å². The van der Waals surface area contributed by atoms with Gasteiger partial charge in [0.2, 0.25) is 11.5 Å². The lowest BCUT2D eigenvalue weighted by Crippen LogP contribution is -2.13. The van der Waals surface area contributed by atoms with Gasteiger partial charge in [0.05, 0.1) is 11.4 Å².